The fraction of sp³-hybridized carbons (Fsp3) is 0.455. The second kappa shape index (κ2) is 10.3. The van der Waals surface area contributed by atoms with Gasteiger partial charge in [-0.05, 0) is 26.0 Å². The van der Waals surface area contributed by atoms with Gasteiger partial charge in [-0.15, -0.1) is 23.1 Å². The van der Waals surface area contributed by atoms with E-state index in [2.05, 4.69) is 15.3 Å². The van der Waals surface area contributed by atoms with Gasteiger partial charge in [0.2, 0.25) is 0 Å². The Kier molecular flexibility index (Phi) is 7.68. The molecule has 1 aliphatic rings. The first-order chi connectivity index (χ1) is 16.5. The lowest BCUT2D eigenvalue weighted by Crippen LogP contribution is -2.54. The molecule has 0 spiro atoms. The topological polar surface area (TPSA) is 81.2 Å². The third-order valence-electron chi connectivity index (χ3n) is 5.70. The minimum absolute atomic E-state index is 0.0314. The Morgan fingerprint density at radius 3 is 2.57 bits per heavy atom. The number of halogens is 5. The molecule has 2 aromatic heterocycles. The van der Waals surface area contributed by atoms with Gasteiger partial charge in [0.05, 0.1) is 27.6 Å². The highest BCUT2D eigenvalue weighted by Gasteiger charge is 2.36. The van der Waals surface area contributed by atoms with E-state index in [1.54, 1.807) is 4.90 Å². The number of benzene rings is 1. The number of aliphatic hydroxyl groups excluding tert-OH is 1. The fourth-order valence-electron chi connectivity index (χ4n) is 4.26. The van der Waals surface area contributed by atoms with E-state index in [9.17, 15) is 27.5 Å². The van der Waals surface area contributed by atoms with Crippen LogP contribution in [0.3, 0.4) is 0 Å². The summed E-state index contributed by atoms with van der Waals surface area (Å²) >= 11 is 8.35. The largest absolute Gasteiger partial charge is 0.417 e. The van der Waals surface area contributed by atoms with E-state index in [1.807, 2.05) is 13.8 Å². The number of hydrogen-bond donors (Lipinski definition) is 3. The van der Waals surface area contributed by atoms with Crippen molar-refractivity contribution in [1.82, 2.24) is 15.3 Å². The maximum atomic E-state index is 14.0. The van der Waals surface area contributed by atoms with Crippen LogP contribution in [0.25, 0.3) is 10.9 Å². The number of thiophene rings is 1. The van der Waals surface area contributed by atoms with E-state index in [4.69, 9.17) is 11.6 Å². The number of aromatic amines is 1. The van der Waals surface area contributed by atoms with Crippen molar-refractivity contribution in [2.45, 2.75) is 42.9 Å². The minimum atomic E-state index is -4.74. The number of thioether (sulfide) groups is 1. The monoisotopic (exact) mass is 550 g/mol. The number of alkyl halides is 3. The number of aliphatic hydroxyl groups is 1. The molecule has 3 aromatic rings. The second-order valence-corrected chi connectivity index (χ2v) is 10.9. The number of H-pyrrole nitrogens is 1. The molecule has 3 N–H and O–H groups in total. The number of fused-ring (bicyclic) bond motifs is 1. The normalized spacial score (nSPS) is 19.9. The highest BCUT2D eigenvalue weighted by atomic mass is 35.5. The molecule has 13 heteroatoms. The van der Waals surface area contributed by atoms with Crippen molar-refractivity contribution in [1.29, 1.82) is 0 Å². The van der Waals surface area contributed by atoms with Gasteiger partial charge in [0, 0.05) is 52.5 Å². The Hall–Kier alpha value is -1.86. The lowest BCUT2D eigenvalue weighted by molar-refractivity contribution is -0.137. The van der Waals surface area contributed by atoms with Gasteiger partial charge in [-0.2, -0.15) is 18.2 Å². The summed E-state index contributed by atoms with van der Waals surface area (Å²) in [6.07, 6.45) is -4.74. The van der Waals surface area contributed by atoms with E-state index in [0.29, 0.717) is 18.0 Å². The minimum Gasteiger partial charge on any atom is -0.396 e. The van der Waals surface area contributed by atoms with Gasteiger partial charge in [0.15, 0.2) is 0 Å². The zero-order chi connectivity index (χ0) is 25.5. The molecule has 0 saturated carbocycles. The number of anilines is 1. The summed E-state index contributed by atoms with van der Waals surface area (Å²) in [6, 6.07) is 2.29. The number of hydrogen-bond acceptors (Lipinski definition) is 7. The molecule has 35 heavy (non-hydrogen) atoms. The lowest BCUT2D eigenvalue weighted by atomic mass is 10.1. The molecular weight excluding hydrogens is 528 g/mol. The van der Waals surface area contributed by atoms with Gasteiger partial charge in [0.1, 0.15) is 11.6 Å². The maximum Gasteiger partial charge on any atom is 0.417 e. The molecule has 1 aromatic carbocycles. The molecule has 0 radical (unpaired) electrons. The highest BCUT2D eigenvalue weighted by molar-refractivity contribution is 7.99. The van der Waals surface area contributed by atoms with E-state index < -0.39 is 34.2 Å². The van der Waals surface area contributed by atoms with Crippen molar-refractivity contribution in [2.24, 2.45) is 0 Å². The Morgan fingerprint density at radius 2 is 2.00 bits per heavy atom. The van der Waals surface area contributed by atoms with Crippen LogP contribution in [0.5, 0.6) is 0 Å². The number of nitrogens with one attached hydrogen (secondary N) is 2. The highest BCUT2D eigenvalue weighted by Crippen LogP contribution is 2.45. The number of rotatable bonds is 6. The molecule has 1 fully saturated rings. The van der Waals surface area contributed by atoms with Crippen LogP contribution in [0.4, 0.5) is 23.4 Å². The first-order valence-corrected chi connectivity index (χ1v) is 13.0. The van der Waals surface area contributed by atoms with Gasteiger partial charge >= 0.3 is 11.9 Å². The number of nitrogens with zero attached hydrogens (tertiary/aromatic N) is 2. The molecule has 190 valence electrons. The van der Waals surface area contributed by atoms with Crippen molar-refractivity contribution >= 4 is 51.4 Å². The van der Waals surface area contributed by atoms with E-state index in [1.165, 1.54) is 11.4 Å². The van der Waals surface area contributed by atoms with Crippen LogP contribution < -0.4 is 15.9 Å². The quantitative estimate of drug-likeness (QED) is 0.301. The molecule has 0 aliphatic carbocycles. The van der Waals surface area contributed by atoms with Gasteiger partial charge in [-0.25, -0.2) is 9.18 Å². The molecule has 0 bridgehead atoms. The smallest absolute Gasteiger partial charge is 0.396 e. The summed E-state index contributed by atoms with van der Waals surface area (Å²) < 4.78 is 55.4. The summed E-state index contributed by atoms with van der Waals surface area (Å²) in [4.78, 5) is 21.5. The molecule has 1 saturated heterocycles. The molecule has 3 heterocycles. The average Bonchev–Trinajstić information content (AvgIpc) is 3.19. The molecule has 4 rings (SSSR count). The van der Waals surface area contributed by atoms with E-state index in [-0.39, 0.29) is 46.1 Å². The number of piperazine rings is 1. The number of aromatic nitrogens is 2. The first-order valence-electron chi connectivity index (χ1n) is 10.8. The first kappa shape index (κ1) is 26.2. The Morgan fingerprint density at radius 1 is 1.31 bits per heavy atom. The predicted molar refractivity (Wildman–Crippen MR) is 131 cm³/mol. The summed E-state index contributed by atoms with van der Waals surface area (Å²) in [5, 5.41) is 14.0. The third kappa shape index (κ3) is 5.61. The third-order valence-corrected chi connectivity index (χ3v) is 8.54. The molecule has 1 aliphatic heterocycles. The van der Waals surface area contributed by atoms with Crippen LogP contribution in [0.15, 0.2) is 27.2 Å². The van der Waals surface area contributed by atoms with E-state index in [0.717, 1.165) is 29.2 Å². The lowest BCUT2D eigenvalue weighted by Gasteiger charge is -2.37. The summed E-state index contributed by atoms with van der Waals surface area (Å²) in [5.41, 5.74) is -1.60. The van der Waals surface area contributed by atoms with Crippen LogP contribution in [-0.4, -0.2) is 52.6 Å². The van der Waals surface area contributed by atoms with Gasteiger partial charge in [-0.1, -0.05) is 11.6 Å². The van der Waals surface area contributed by atoms with Crippen molar-refractivity contribution in [3.05, 3.63) is 49.3 Å². The summed E-state index contributed by atoms with van der Waals surface area (Å²) in [6.45, 7) is 4.47. The molecule has 0 amide bonds. The van der Waals surface area contributed by atoms with E-state index >= 15 is 0 Å². The molecular formula is C22H23ClF4N4O2S2. The standard InChI is InChI=1S/C22H23ClF4N4O2S2/c1-10-5-31(6-11(2)28-10)20-14-4-15(22(25,26)27)17(23)19(18(14)29-21(33)30-20)35-8-12(7-32)16-3-13(24)9-34-16/h3-4,9-12,28,32H,5-8H2,1-2H3,(H,29,30,33)/t10-,11+,12?. The van der Waals surface area contributed by atoms with Crippen molar-refractivity contribution in [3.63, 3.8) is 0 Å². The van der Waals surface area contributed by atoms with Gasteiger partial charge in [-0.3, -0.25) is 0 Å². The average molecular weight is 551 g/mol. The summed E-state index contributed by atoms with van der Waals surface area (Å²) in [7, 11) is 0. The molecule has 1 unspecified atom stereocenters. The van der Waals surface area contributed by atoms with Crippen LogP contribution in [0.1, 0.15) is 30.2 Å². The molecule has 6 nitrogen and oxygen atoms in total. The van der Waals surface area contributed by atoms with Crippen molar-refractivity contribution in [3.8, 4) is 0 Å². The fourth-order valence-corrected chi connectivity index (χ4v) is 6.83. The Bertz CT molecular complexity index is 1270. The van der Waals surface area contributed by atoms with Crippen LogP contribution in [0, 0.1) is 5.82 Å². The van der Waals surface area contributed by atoms with Gasteiger partial charge < -0.3 is 20.3 Å². The maximum absolute atomic E-state index is 14.0. The molecule has 3 atom stereocenters. The van der Waals surface area contributed by atoms with Crippen LogP contribution >= 0.6 is 34.7 Å². The van der Waals surface area contributed by atoms with Gasteiger partial charge in [0.25, 0.3) is 0 Å². The van der Waals surface area contributed by atoms with Crippen molar-refractivity contribution in [2.75, 3.05) is 30.3 Å². The SMILES string of the molecule is C[C@@H]1CN(c2nc(=O)[nH]c3c(SCC(CO)c4cc(F)cs4)c(Cl)c(C(F)(F)F)cc23)C[C@H](C)N1. The van der Waals surface area contributed by atoms with Crippen LogP contribution in [0.2, 0.25) is 5.02 Å². The Labute approximate surface area is 211 Å². The van der Waals surface area contributed by atoms with Crippen LogP contribution in [-0.2, 0) is 6.18 Å². The second-order valence-electron chi connectivity index (χ2n) is 8.58. The van der Waals surface area contributed by atoms with Crippen molar-refractivity contribution < 1.29 is 22.7 Å². The zero-order valence-electron chi connectivity index (χ0n) is 18.7. The zero-order valence-corrected chi connectivity index (χ0v) is 21.1. The summed E-state index contributed by atoms with van der Waals surface area (Å²) in [5.74, 6) is -0.700. The predicted octanol–water partition coefficient (Wildman–Crippen LogP) is 4.85. The Balaban J connectivity index is 1.85.